The van der Waals surface area contributed by atoms with Crippen molar-refractivity contribution in [3.63, 3.8) is 0 Å². The molecule has 2 heterocycles. The summed E-state index contributed by atoms with van der Waals surface area (Å²) in [6.45, 7) is 0.0705. The molecule has 6 nitrogen and oxygen atoms in total. The van der Waals surface area contributed by atoms with Crippen molar-refractivity contribution in [2.24, 2.45) is 0 Å². The molecular weight excluding hydrogens is 361 g/mol. The van der Waals surface area contributed by atoms with Gasteiger partial charge in [-0.05, 0) is 23.8 Å². The van der Waals surface area contributed by atoms with Crippen molar-refractivity contribution < 1.29 is 22.7 Å². The van der Waals surface area contributed by atoms with E-state index in [1.807, 2.05) is 0 Å². The van der Waals surface area contributed by atoms with Crippen LogP contribution in [0.25, 0.3) is 5.82 Å². The lowest BCUT2D eigenvalue weighted by Crippen LogP contribution is -2.23. The Morgan fingerprint density at radius 2 is 2.00 bits per heavy atom. The second-order valence-corrected chi connectivity index (χ2v) is 5.57. The number of benzene rings is 1. The summed E-state index contributed by atoms with van der Waals surface area (Å²) in [4.78, 5) is 16.6. The zero-order valence-electron chi connectivity index (χ0n) is 14.2. The van der Waals surface area contributed by atoms with Crippen LogP contribution in [-0.4, -0.2) is 27.8 Å². The highest BCUT2D eigenvalue weighted by Gasteiger charge is 2.29. The molecule has 0 aliphatic heterocycles. The first-order chi connectivity index (χ1) is 12.9. The molecule has 0 aliphatic rings. The fourth-order valence-corrected chi connectivity index (χ4v) is 2.38. The van der Waals surface area contributed by atoms with Gasteiger partial charge in [0.2, 0.25) is 0 Å². The van der Waals surface area contributed by atoms with Gasteiger partial charge in [-0.3, -0.25) is 4.79 Å². The highest BCUT2D eigenvalue weighted by Crippen LogP contribution is 2.29. The van der Waals surface area contributed by atoms with Crippen molar-refractivity contribution in [3.8, 4) is 11.6 Å². The molecule has 0 fully saturated rings. The van der Waals surface area contributed by atoms with E-state index in [-0.39, 0.29) is 12.1 Å². The van der Waals surface area contributed by atoms with Gasteiger partial charge >= 0.3 is 6.18 Å². The third-order valence-corrected chi connectivity index (χ3v) is 3.79. The minimum Gasteiger partial charge on any atom is -0.496 e. The minimum atomic E-state index is -4.39. The Balaban J connectivity index is 1.70. The molecule has 9 heteroatoms. The predicted molar refractivity (Wildman–Crippen MR) is 90.5 cm³/mol. The highest BCUT2D eigenvalue weighted by atomic mass is 19.4. The van der Waals surface area contributed by atoms with Crippen LogP contribution < -0.4 is 10.1 Å². The molecule has 0 bridgehead atoms. The molecule has 3 aromatic rings. The van der Waals surface area contributed by atoms with Gasteiger partial charge in [0.1, 0.15) is 5.75 Å². The zero-order valence-corrected chi connectivity index (χ0v) is 14.2. The van der Waals surface area contributed by atoms with Crippen LogP contribution in [0.2, 0.25) is 0 Å². The molecular formula is C18H15F3N4O2. The molecule has 1 N–H and O–H groups in total. The Hall–Kier alpha value is -3.36. The van der Waals surface area contributed by atoms with Crippen LogP contribution in [0.1, 0.15) is 21.5 Å². The first-order valence-electron chi connectivity index (χ1n) is 7.87. The van der Waals surface area contributed by atoms with Crippen molar-refractivity contribution in [3.05, 3.63) is 71.7 Å². The van der Waals surface area contributed by atoms with Crippen LogP contribution in [0.4, 0.5) is 13.2 Å². The first kappa shape index (κ1) is 18.4. The quantitative estimate of drug-likeness (QED) is 0.742. The number of aromatic nitrogens is 3. The van der Waals surface area contributed by atoms with Gasteiger partial charge in [-0.1, -0.05) is 12.1 Å². The molecule has 0 saturated heterocycles. The molecule has 0 unspecified atom stereocenters. The maximum atomic E-state index is 12.6. The summed E-state index contributed by atoms with van der Waals surface area (Å²) in [5.74, 6) is 0.336. The number of ether oxygens (including phenoxy) is 1. The van der Waals surface area contributed by atoms with E-state index in [0.717, 1.165) is 12.1 Å². The third kappa shape index (κ3) is 4.25. The van der Waals surface area contributed by atoms with Crippen molar-refractivity contribution >= 4 is 5.91 Å². The maximum absolute atomic E-state index is 12.6. The van der Waals surface area contributed by atoms with E-state index in [9.17, 15) is 18.0 Å². The SMILES string of the molecule is COc1cc(-n2cccn2)ncc1C(=O)NCc1ccc(C(F)(F)F)cc1. The molecule has 2 aromatic heterocycles. The second kappa shape index (κ2) is 7.48. The molecule has 1 amide bonds. The molecule has 0 saturated carbocycles. The molecule has 1 aromatic carbocycles. The van der Waals surface area contributed by atoms with Crippen LogP contribution in [-0.2, 0) is 12.7 Å². The van der Waals surface area contributed by atoms with Gasteiger partial charge in [0, 0.05) is 31.2 Å². The molecule has 0 aliphatic carbocycles. The Bertz CT molecular complexity index is 923. The lowest BCUT2D eigenvalue weighted by molar-refractivity contribution is -0.137. The Labute approximate surface area is 152 Å². The van der Waals surface area contributed by atoms with Gasteiger partial charge in [-0.15, -0.1) is 0 Å². The predicted octanol–water partition coefficient (Wildman–Crippen LogP) is 3.22. The lowest BCUT2D eigenvalue weighted by atomic mass is 10.1. The smallest absolute Gasteiger partial charge is 0.416 e. The van der Waals surface area contributed by atoms with Gasteiger partial charge in [0.25, 0.3) is 5.91 Å². The second-order valence-electron chi connectivity index (χ2n) is 5.57. The summed E-state index contributed by atoms with van der Waals surface area (Å²) in [5.41, 5.74) is 0.00871. The first-order valence-corrected chi connectivity index (χ1v) is 7.87. The Morgan fingerprint density at radius 3 is 2.59 bits per heavy atom. The topological polar surface area (TPSA) is 69.0 Å². The number of alkyl halides is 3. The summed E-state index contributed by atoms with van der Waals surface area (Å²) in [6, 6.07) is 7.89. The minimum absolute atomic E-state index is 0.0705. The van der Waals surface area contributed by atoms with E-state index in [4.69, 9.17) is 4.74 Å². The van der Waals surface area contributed by atoms with Crippen molar-refractivity contribution in [2.75, 3.05) is 7.11 Å². The summed E-state index contributed by atoms with van der Waals surface area (Å²) >= 11 is 0. The zero-order chi connectivity index (χ0) is 19.4. The standard InChI is InChI=1S/C18H15F3N4O2/c1-27-15-9-16(25-8-2-7-24-25)22-11-14(15)17(26)23-10-12-3-5-13(6-4-12)18(19,20)21/h2-9,11H,10H2,1H3,(H,23,26). The molecule has 140 valence electrons. The van der Waals surface area contributed by atoms with E-state index in [0.29, 0.717) is 17.1 Å². The number of hydrogen-bond acceptors (Lipinski definition) is 4. The van der Waals surface area contributed by atoms with E-state index in [1.54, 1.807) is 24.5 Å². The van der Waals surface area contributed by atoms with Crippen LogP contribution in [0.3, 0.4) is 0 Å². The Morgan fingerprint density at radius 1 is 1.26 bits per heavy atom. The number of pyridine rings is 1. The summed E-state index contributed by atoms with van der Waals surface area (Å²) in [7, 11) is 1.43. The summed E-state index contributed by atoms with van der Waals surface area (Å²) < 4.78 is 44.5. The number of nitrogens with one attached hydrogen (secondary N) is 1. The average Bonchev–Trinajstić information content (AvgIpc) is 3.20. The van der Waals surface area contributed by atoms with Gasteiger partial charge in [0.05, 0.1) is 18.2 Å². The van der Waals surface area contributed by atoms with E-state index >= 15 is 0 Å². The number of halogens is 3. The number of rotatable bonds is 5. The van der Waals surface area contributed by atoms with Gasteiger partial charge < -0.3 is 10.1 Å². The number of methoxy groups -OCH3 is 1. The average molecular weight is 376 g/mol. The number of carbonyl (C=O) groups excluding carboxylic acids is 1. The maximum Gasteiger partial charge on any atom is 0.416 e. The lowest BCUT2D eigenvalue weighted by Gasteiger charge is -2.11. The van der Waals surface area contributed by atoms with Crippen LogP contribution in [0.15, 0.2) is 55.0 Å². The van der Waals surface area contributed by atoms with E-state index < -0.39 is 17.6 Å². The summed E-state index contributed by atoms with van der Waals surface area (Å²) in [5, 5.41) is 6.69. The van der Waals surface area contributed by atoms with Crippen molar-refractivity contribution in [1.29, 1.82) is 0 Å². The summed E-state index contributed by atoms with van der Waals surface area (Å²) in [6.07, 6.45) is 0.264. The monoisotopic (exact) mass is 376 g/mol. The highest BCUT2D eigenvalue weighted by molar-refractivity contribution is 5.96. The van der Waals surface area contributed by atoms with Crippen LogP contribution >= 0.6 is 0 Å². The van der Waals surface area contributed by atoms with Crippen LogP contribution in [0.5, 0.6) is 5.75 Å². The van der Waals surface area contributed by atoms with Crippen molar-refractivity contribution in [1.82, 2.24) is 20.1 Å². The largest absolute Gasteiger partial charge is 0.496 e. The fourth-order valence-electron chi connectivity index (χ4n) is 2.38. The molecule has 0 atom stereocenters. The number of carbonyl (C=O) groups is 1. The number of amides is 1. The molecule has 27 heavy (non-hydrogen) atoms. The Kier molecular flexibility index (Phi) is 5.11. The normalized spacial score (nSPS) is 11.3. The van der Waals surface area contributed by atoms with Gasteiger partial charge in [-0.25, -0.2) is 9.67 Å². The molecule has 3 rings (SSSR count). The van der Waals surface area contributed by atoms with Crippen molar-refractivity contribution in [2.45, 2.75) is 12.7 Å². The third-order valence-electron chi connectivity index (χ3n) is 3.79. The van der Waals surface area contributed by atoms with Gasteiger partial charge in [0.15, 0.2) is 5.82 Å². The fraction of sp³-hybridized carbons (Fsp3) is 0.167. The number of hydrogen-bond donors (Lipinski definition) is 1. The van der Waals surface area contributed by atoms with Crippen LogP contribution in [0, 0.1) is 0 Å². The number of nitrogens with zero attached hydrogens (tertiary/aromatic N) is 3. The molecule has 0 radical (unpaired) electrons. The molecule has 0 spiro atoms. The van der Waals surface area contributed by atoms with Gasteiger partial charge in [-0.2, -0.15) is 18.3 Å². The van der Waals surface area contributed by atoms with E-state index in [2.05, 4.69) is 15.4 Å². The van der Waals surface area contributed by atoms with E-state index in [1.165, 1.54) is 30.1 Å².